The second-order valence-electron chi connectivity index (χ2n) is 4.97. The molecule has 0 aliphatic rings. The first-order valence-corrected chi connectivity index (χ1v) is 6.94. The van der Waals surface area contributed by atoms with E-state index in [0.717, 1.165) is 6.07 Å². The van der Waals surface area contributed by atoms with Gasteiger partial charge in [0, 0.05) is 11.1 Å². The van der Waals surface area contributed by atoms with Crippen molar-refractivity contribution < 1.29 is 18.0 Å². The van der Waals surface area contributed by atoms with E-state index >= 15 is 0 Å². The van der Waals surface area contributed by atoms with Crippen molar-refractivity contribution in [1.82, 2.24) is 4.57 Å². The lowest BCUT2D eigenvalue weighted by atomic mass is 10.2. The predicted molar refractivity (Wildman–Crippen MR) is 82.5 cm³/mol. The number of nitrogen functional groups attached to an aromatic ring is 1. The van der Waals surface area contributed by atoms with Gasteiger partial charge >= 0.3 is 6.18 Å². The molecular formula is C16H10ClF3N2O. The van der Waals surface area contributed by atoms with E-state index in [0.29, 0.717) is 10.3 Å². The number of benzene rings is 2. The van der Waals surface area contributed by atoms with Gasteiger partial charge in [0.25, 0.3) is 5.91 Å². The molecule has 3 aromatic rings. The largest absolute Gasteiger partial charge is 0.431 e. The van der Waals surface area contributed by atoms with Crippen molar-refractivity contribution in [3.63, 3.8) is 0 Å². The third kappa shape index (κ3) is 2.66. The highest BCUT2D eigenvalue weighted by Crippen LogP contribution is 2.35. The van der Waals surface area contributed by atoms with Gasteiger partial charge in [-0.2, -0.15) is 13.2 Å². The molecule has 0 fully saturated rings. The average Bonchev–Trinajstić information content (AvgIpc) is 2.85. The fraction of sp³-hybridized carbons (Fsp3) is 0.0625. The van der Waals surface area contributed by atoms with Gasteiger partial charge in [0.1, 0.15) is 5.69 Å². The molecule has 1 heterocycles. The number of rotatable bonds is 1. The Labute approximate surface area is 134 Å². The molecule has 1 aromatic heterocycles. The van der Waals surface area contributed by atoms with Gasteiger partial charge in [-0.1, -0.05) is 23.7 Å². The maximum atomic E-state index is 13.3. The van der Waals surface area contributed by atoms with Crippen LogP contribution < -0.4 is 5.73 Å². The molecule has 2 aromatic carbocycles. The van der Waals surface area contributed by atoms with Crippen LogP contribution in [0.5, 0.6) is 0 Å². The molecule has 0 bridgehead atoms. The van der Waals surface area contributed by atoms with Crippen molar-refractivity contribution in [2.45, 2.75) is 6.18 Å². The molecule has 0 aliphatic carbocycles. The summed E-state index contributed by atoms with van der Waals surface area (Å²) in [5, 5.41) is 0.320. The molecular weight excluding hydrogens is 329 g/mol. The zero-order valence-electron chi connectivity index (χ0n) is 11.6. The van der Waals surface area contributed by atoms with Crippen LogP contribution in [0.15, 0.2) is 48.5 Å². The molecule has 7 heteroatoms. The number of carbonyl (C=O) groups is 1. The Morgan fingerprint density at radius 2 is 1.78 bits per heavy atom. The van der Waals surface area contributed by atoms with Crippen molar-refractivity contribution in [2.24, 2.45) is 0 Å². The summed E-state index contributed by atoms with van der Waals surface area (Å²) in [5.74, 6) is -0.845. The first kappa shape index (κ1) is 15.4. The smallest absolute Gasteiger partial charge is 0.399 e. The van der Waals surface area contributed by atoms with Gasteiger partial charge in [-0.05, 0) is 36.4 Å². The van der Waals surface area contributed by atoms with Gasteiger partial charge in [-0.15, -0.1) is 0 Å². The van der Waals surface area contributed by atoms with E-state index in [2.05, 4.69) is 0 Å². The minimum absolute atomic E-state index is 0.00556. The minimum Gasteiger partial charge on any atom is -0.399 e. The number of hydrogen-bond donors (Lipinski definition) is 1. The quantitative estimate of drug-likeness (QED) is 0.660. The van der Waals surface area contributed by atoms with Crippen LogP contribution in [0.4, 0.5) is 18.9 Å². The van der Waals surface area contributed by atoms with Crippen LogP contribution in [0.2, 0.25) is 5.02 Å². The van der Waals surface area contributed by atoms with Gasteiger partial charge in [0.2, 0.25) is 0 Å². The summed E-state index contributed by atoms with van der Waals surface area (Å²) < 4.78 is 40.6. The third-order valence-corrected chi connectivity index (χ3v) is 3.75. The SMILES string of the molecule is Nc1ccc2c(c1)cc(C(F)(F)F)n2C(=O)c1ccccc1Cl. The Kier molecular flexibility index (Phi) is 3.56. The highest BCUT2D eigenvalue weighted by atomic mass is 35.5. The minimum atomic E-state index is -4.69. The Balaban J connectivity index is 2.31. The van der Waals surface area contributed by atoms with E-state index in [-0.39, 0.29) is 21.5 Å². The fourth-order valence-corrected chi connectivity index (χ4v) is 2.63. The molecule has 3 nitrogen and oxygen atoms in total. The molecule has 0 atom stereocenters. The van der Waals surface area contributed by atoms with Gasteiger partial charge in [0.15, 0.2) is 0 Å². The highest BCUT2D eigenvalue weighted by Gasteiger charge is 2.37. The molecule has 23 heavy (non-hydrogen) atoms. The topological polar surface area (TPSA) is 48.0 Å². The number of halogens is 4. The molecule has 0 unspecified atom stereocenters. The normalized spacial score (nSPS) is 11.8. The lowest BCUT2D eigenvalue weighted by Gasteiger charge is -2.12. The number of nitrogens with two attached hydrogens (primary N) is 1. The molecule has 0 aliphatic heterocycles. The number of fused-ring (bicyclic) bond motifs is 1. The van der Waals surface area contributed by atoms with E-state index in [9.17, 15) is 18.0 Å². The van der Waals surface area contributed by atoms with Crippen LogP contribution in [0, 0.1) is 0 Å². The van der Waals surface area contributed by atoms with Crippen molar-refractivity contribution in [3.8, 4) is 0 Å². The lowest BCUT2D eigenvalue weighted by Crippen LogP contribution is -2.20. The first-order valence-electron chi connectivity index (χ1n) is 6.56. The zero-order valence-corrected chi connectivity index (χ0v) is 12.3. The zero-order chi connectivity index (χ0) is 16.8. The number of anilines is 1. The van der Waals surface area contributed by atoms with E-state index in [1.807, 2.05) is 0 Å². The van der Waals surface area contributed by atoms with Crippen molar-refractivity contribution in [1.29, 1.82) is 0 Å². The molecule has 2 N–H and O–H groups in total. The fourth-order valence-electron chi connectivity index (χ4n) is 2.42. The van der Waals surface area contributed by atoms with Gasteiger partial charge in [-0.3, -0.25) is 9.36 Å². The van der Waals surface area contributed by atoms with Crippen LogP contribution in [0.3, 0.4) is 0 Å². The standard InChI is InChI=1S/C16H10ClF3N2O/c17-12-4-2-1-3-11(12)15(23)22-13-6-5-10(21)7-9(13)8-14(22)16(18,19)20/h1-8H,21H2. The molecule has 0 spiro atoms. The summed E-state index contributed by atoms with van der Waals surface area (Å²) in [6.07, 6.45) is -4.69. The van der Waals surface area contributed by atoms with Crippen molar-refractivity contribution in [2.75, 3.05) is 5.73 Å². The average molecular weight is 339 g/mol. The summed E-state index contributed by atoms with van der Waals surface area (Å²) in [6.45, 7) is 0. The molecule has 0 radical (unpaired) electrons. The van der Waals surface area contributed by atoms with E-state index in [1.54, 1.807) is 6.07 Å². The first-order chi connectivity index (χ1) is 10.8. The summed E-state index contributed by atoms with van der Waals surface area (Å²) >= 11 is 5.94. The van der Waals surface area contributed by atoms with Gasteiger partial charge < -0.3 is 5.73 Å². The Morgan fingerprint density at radius 3 is 2.43 bits per heavy atom. The van der Waals surface area contributed by atoms with E-state index in [4.69, 9.17) is 17.3 Å². The summed E-state index contributed by atoms with van der Waals surface area (Å²) in [4.78, 5) is 12.6. The number of alkyl halides is 3. The van der Waals surface area contributed by atoms with Crippen molar-refractivity contribution >= 4 is 34.1 Å². The second-order valence-corrected chi connectivity index (χ2v) is 5.37. The number of nitrogens with zero attached hydrogens (tertiary/aromatic N) is 1. The number of carbonyl (C=O) groups excluding carboxylic acids is 1. The van der Waals surface area contributed by atoms with Crippen molar-refractivity contribution in [3.05, 3.63) is 64.8 Å². The summed E-state index contributed by atoms with van der Waals surface area (Å²) in [7, 11) is 0. The third-order valence-electron chi connectivity index (χ3n) is 3.42. The van der Waals surface area contributed by atoms with Crippen LogP contribution in [-0.4, -0.2) is 10.5 Å². The maximum absolute atomic E-state index is 13.3. The molecule has 118 valence electrons. The maximum Gasteiger partial charge on any atom is 0.431 e. The number of hydrogen-bond acceptors (Lipinski definition) is 2. The van der Waals surface area contributed by atoms with Crippen LogP contribution in [0.1, 0.15) is 16.1 Å². The second kappa shape index (κ2) is 5.31. The molecule has 3 rings (SSSR count). The highest BCUT2D eigenvalue weighted by molar-refractivity contribution is 6.34. The van der Waals surface area contributed by atoms with Crippen LogP contribution >= 0.6 is 11.6 Å². The van der Waals surface area contributed by atoms with Gasteiger partial charge in [-0.25, -0.2) is 0 Å². The lowest BCUT2D eigenvalue weighted by molar-refractivity contribution is -0.142. The molecule has 0 saturated carbocycles. The molecule has 0 saturated heterocycles. The summed E-state index contributed by atoms with van der Waals surface area (Å²) in [5.41, 5.74) is 4.97. The number of aromatic nitrogens is 1. The Bertz CT molecular complexity index is 915. The predicted octanol–water partition coefficient (Wildman–Crippen LogP) is 4.58. The molecule has 0 amide bonds. The Morgan fingerprint density at radius 1 is 1.09 bits per heavy atom. The monoisotopic (exact) mass is 338 g/mol. The van der Waals surface area contributed by atoms with Crippen LogP contribution in [0.25, 0.3) is 10.9 Å². The van der Waals surface area contributed by atoms with E-state index in [1.165, 1.54) is 36.4 Å². The van der Waals surface area contributed by atoms with E-state index < -0.39 is 17.8 Å². The van der Waals surface area contributed by atoms with Gasteiger partial charge in [0.05, 0.1) is 16.1 Å². The Hall–Kier alpha value is -2.47. The summed E-state index contributed by atoms with van der Waals surface area (Å²) in [6, 6.07) is 11.1. The van der Waals surface area contributed by atoms with Crippen LogP contribution in [-0.2, 0) is 6.18 Å².